The largest absolute Gasteiger partial charge is 0.430 e. The molecule has 1 rings (SSSR count). The van der Waals surface area contributed by atoms with Gasteiger partial charge in [0.2, 0.25) is 0 Å². The standard InChI is InChI=1S/C15H21NO/c1-3-5-11-16(14-17-12-4-2)13-15-9-7-6-8-10-15/h6-10H,3,5,11,13-14H2,1-2H3. The van der Waals surface area contributed by atoms with E-state index < -0.39 is 0 Å². The summed E-state index contributed by atoms with van der Waals surface area (Å²) in [7, 11) is 0. The molecule has 1 aromatic carbocycles. The molecule has 17 heavy (non-hydrogen) atoms. The van der Waals surface area contributed by atoms with E-state index in [9.17, 15) is 0 Å². The molecular weight excluding hydrogens is 210 g/mol. The Bertz CT molecular complexity index is 350. The zero-order valence-electron chi connectivity index (χ0n) is 10.8. The molecule has 0 aliphatic rings. The SMILES string of the molecule is CC#COCN(CCCC)Cc1ccccc1. The number of ether oxygens (including phenoxy) is 1. The first-order valence-corrected chi connectivity index (χ1v) is 6.16. The van der Waals surface area contributed by atoms with Crippen LogP contribution in [0.25, 0.3) is 0 Å². The van der Waals surface area contributed by atoms with Crippen LogP contribution in [-0.4, -0.2) is 18.2 Å². The van der Waals surface area contributed by atoms with Crippen LogP contribution in [0.15, 0.2) is 30.3 Å². The van der Waals surface area contributed by atoms with Crippen molar-refractivity contribution in [3.05, 3.63) is 35.9 Å². The van der Waals surface area contributed by atoms with E-state index in [0.717, 1.165) is 13.1 Å². The fraction of sp³-hybridized carbons (Fsp3) is 0.467. The minimum absolute atomic E-state index is 0.579. The second-order valence-electron chi connectivity index (χ2n) is 4.02. The Morgan fingerprint density at radius 3 is 2.65 bits per heavy atom. The molecular formula is C15H21NO. The molecule has 0 N–H and O–H groups in total. The van der Waals surface area contributed by atoms with Gasteiger partial charge >= 0.3 is 0 Å². The van der Waals surface area contributed by atoms with Crippen LogP contribution in [0.5, 0.6) is 0 Å². The Morgan fingerprint density at radius 1 is 1.24 bits per heavy atom. The van der Waals surface area contributed by atoms with Crippen LogP contribution in [0.4, 0.5) is 0 Å². The molecule has 0 radical (unpaired) electrons. The van der Waals surface area contributed by atoms with Crippen LogP contribution in [0.2, 0.25) is 0 Å². The zero-order chi connectivity index (χ0) is 12.3. The third kappa shape index (κ3) is 5.99. The topological polar surface area (TPSA) is 12.5 Å². The van der Waals surface area contributed by atoms with Crippen LogP contribution < -0.4 is 0 Å². The fourth-order valence-electron chi connectivity index (χ4n) is 1.61. The summed E-state index contributed by atoms with van der Waals surface area (Å²) in [4.78, 5) is 2.28. The number of nitrogens with zero attached hydrogens (tertiary/aromatic N) is 1. The Hall–Kier alpha value is -1.46. The summed E-state index contributed by atoms with van der Waals surface area (Å²) < 4.78 is 5.28. The second kappa shape index (κ2) is 8.66. The van der Waals surface area contributed by atoms with Gasteiger partial charge in [0.25, 0.3) is 0 Å². The molecule has 0 saturated heterocycles. The zero-order valence-corrected chi connectivity index (χ0v) is 10.8. The Labute approximate surface area is 105 Å². The first kappa shape index (κ1) is 13.6. The molecule has 0 amide bonds. The maximum Gasteiger partial charge on any atom is 0.154 e. The minimum atomic E-state index is 0.579. The summed E-state index contributed by atoms with van der Waals surface area (Å²) in [5.41, 5.74) is 1.32. The molecule has 2 heteroatoms. The van der Waals surface area contributed by atoms with Gasteiger partial charge in [0.05, 0.1) is 0 Å². The van der Waals surface area contributed by atoms with Crippen LogP contribution >= 0.6 is 0 Å². The predicted octanol–water partition coefficient (Wildman–Crippen LogP) is 3.24. The molecule has 0 saturated carbocycles. The van der Waals surface area contributed by atoms with Crippen molar-refractivity contribution in [3.8, 4) is 12.0 Å². The molecule has 0 aliphatic heterocycles. The molecule has 0 atom stereocenters. The van der Waals surface area contributed by atoms with Gasteiger partial charge in [-0.1, -0.05) is 49.6 Å². The molecule has 2 nitrogen and oxygen atoms in total. The Balaban J connectivity index is 2.46. The number of unbranched alkanes of at least 4 members (excludes halogenated alkanes) is 1. The highest BCUT2D eigenvalue weighted by Crippen LogP contribution is 2.05. The van der Waals surface area contributed by atoms with Gasteiger partial charge in [-0.3, -0.25) is 4.90 Å². The molecule has 0 heterocycles. The third-order valence-corrected chi connectivity index (χ3v) is 2.50. The molecule has 92 valence electrons. The summed E-state index contributed by atoms with van der Waals surface area (Å²) in [5, 5.41) is 0. The third-order valence-electron chi connectivity index (χ3n) is 2.50. The first-order chi connectivity index (χ1) is 8.36. The van der Waals surface area contributed by atoms with E-state index in [4.69, 9.17) is 4.74 Å². The smallest absolute Gasteiger partial charge is 0.154 e. The quantitative estimate of drug-likeness (QED) is 0.527. The van der Waals surface area contributed by atoms with Crippen molar-refractivity contribution in [2.45, 2.75) is 33.2 Å². The summed E-state index contributed by atoms with van der Waals surface area (Å²) in [6.45, 7) is 6.54. The van der Waals surface area contributed by atoms with Crippen molar-refractivity contribution in [1.82, 2.24) is 4.90 Å². The van der Waals surface area contributed by atoms with Gasteiger partial charge in [-0.05, 0) is 12.0 Å². The number of benzene rings is 1. The van der Waals surface area contributed by atoms with Crippen LogP contribution in [-0.2, 0) is 11.3 Å². The van der Waals surface area contributed by atoms with Crippen LogP contribution in [0.1, 0.15) is 32.3 Å². The Kier molecular flexibility index (Phi) is 6.93. The van der Waals surface area contributed by atoms with Gasteiger partial charge < -0.3 is 4.74 Å². The number of rotatable bonds is 7. The van der Waals surface area contributed by atoms with E-state index in [0.29, 0.717) is 6.73 Å². The van der Waals surface area contributed by atoms with E-state index >= 15 is 0 Å². The molecule has 0 fully saturated rings. The van der Waals surface area contributed by atoms with Crippen molar-refractivity contribution in [1.29, 1.82) is 0 Å². The maximum atomic E-state index is 5.28. The second-order valence-corrected chi connectivity index (χ2v) is 4.02. The molecule has 0 aliphatic carbocycles. The van der Waals surface area contributed by atoms with E-state index in [1.807, 2.05) is 6.07 Å². The molecule has 0 spiro atoms. The molecule has 0 bridgehead atoms. The number of hydrogen-bond acceptors (Lipinski definition) is 2. The highest BCUT2D eigenvalue weighted by Gasteiger charge is 2.05. The summed E-state index contributed by atoms with van der Waals surface area (Å²) in [6.07, 6.45) is 5.04. The molecule has 0 aromatic heterocycles. The van der Waals surface area contributed by atoms with Gasteiger partial charge in [0.1, 0.15) is 6.11 Å². The lowest BCUT2D eigenvalue weighted by atomic mass is 10.2. The van der Waals surface area contributed by atoms with Gasteiger partial charge in [0, 0.05) is 20.0 Å². The summed E-state index contributed by atoms with van der Waals surface area (Å²) >= 11 is 0. The maximum absolute atomic E-state index is 5.28. The summed E-state index contributed by atoms with van der Waals surface area (Å²) in [5.74, 6) is 2.74. The fourth-order valence-corrected chi connectivity index (χ4v) is 1.61. The van der Waals surface area contributed by atoms with Gasteiger partial charge in [-0.15, -0.1) is 0 Å². The van der Waals surface area contributed by atoms with Crippen molar-refractivity contribution < 1.29 is 4.74 Å². The average Bonchev–Trinajstić information content (AvgIpc) is 2.37. The van der Waals surface area contributed by atoms with Crippen molar-refractivity contribution in [3.63, 3.8) is 0 Å². The van der Waals surface area contributed by atoms with Gasteiger partial charge in [-0.2, -0.15) is 0 Å². The van der Waals surface area contributed by atoms with Gasteiger partial charge in [0.15, 0.2) is 6.73 Å². The van der Waals surface area contributed by atoms with Crippen molar-refractivity contribution >= 4 is 0 Å². The van der Waals surface area contributed by atoms with Crippen molar-refractivity contribution in [2.75, 3.05) is 13.3 Å². The van der Waals surface area contributed by atoms with Crippen LogP contribution in [0, 0.1) is 12.0 Å². The lowest BCUT2D eigenvalue weighted by Gasteiger charge is -2.20. The molecule has 1 aromatic rings. The minimum Gasteiger partial charge on any atom is -0.430 e. The highest BCUT2D eigenvalue weighted by atomic mass is 16.5. The lowest BCUT2D eigenvalue weighted by molar-refractivity contribution is 0.0959. The van der Waals surface area contributed by atoms with E-state index in [-0.39, 0.29) is 0 Å². The van der Waals surface area contributed by atoms with Gasteiger partial charge in [-0.25, -0.2) is 0 Å². The van der Waals surface area contributed by atoms with E-state index in [2.05, 4.69) is 48.1 Å². The van der Waals surface area contributed by atoms with Crippen LogP contribution in [0.3, 0.4) is 0 Å². The predicted molar refractivity (Wildman–Crippen MR) is 71.2 cm³/mol. The lowest BCUT2D eigenvalue weighted by Crippen LogP contribution is -2.26. The first-order valence-electron chi connectivity index (χ1n) is 6.16. The van der Waals surface area contributed by atoms with E-state index in [1.165, 1.54) is 18.4 Å². The molecule has 0 unspecified atom stereocenters. The van der Waals surface area contributed by atoms with E-state index in [1.54, 1.807) is 6.92 Å². The average molecular weight is 231 g/mol. The van der Waals surface area contributed by atoms with Crippen molar-refractivity contribution in [2.24, 2.45) is 0 Å². The highest BCUT2D eigenvalue weighted by molar-refractivity contribution is 5.14. The monoisotopic (exact) mass is 231 g/mol. The normalized spacial score (nSPS) is 9.82. The number of hydrogen-bond donors (Lipinski definition) is 0. The summed E-state index contributed by atoms with van der Waals surface area (Å²) in [6, 6.07) is 10.5. The Morgan fingerprint density at radius 2 is 2.00 bits per heavy atom.